The minimum absolute atomic E-state index is 0.0304. The third-order valence-corrected chi connectivity index (χ3v) is 1.55. The number of hydrogen-bond acceptors (Lipinski definition) is 5. The largest absolute Gasteiger partial charge is 0.394 e. The lowest BCUT2D eigenvalue weighted by molar-refractivity contribution is 0.281. The second kappa shape index (κ2) is 3.90. The minimum Gasteiger partial charge on any atom is -0.394 e. The second-order valence-electron chi connectivity index (χ2n) is 2.72. The van der Waals surface area contributed by atoms with Gasteiger partial charge < -0.3 is 21.1 Å². The van der Waals surface area contributed by atoms with Crippen molar-refractivity contribution in [3.05, 3.63) is 16.7 Å². The van der Waals surface area contributed by atoms with Crippen molar-refractivity contribution in [1.82, 2.24) is 9.97 Å². The molecular weight excluding hydrogens is 172 g/mol. The first-order valence-electron chi connectivity index (χ1n) is 3.85. The first kappa shape index (κ1) is 9.53. The first-order chi connectivity index (χ1) is 6.15. The summed E-state index contributed by atoms with van der Waals surface area (Å²) in [6.45, 7) is 1.70. The standard InChI is InChI=1S/C7H12N4O2/c1-4(2-12)11-6-5(8)7(13)10-3-9-6/h3-4,12H,2,8H2,1H3,(H2,9,10,11,13). The second-order valence-corrected chi connectivity index (χ2v) is 2.72. The fraction of sp³-hybridized carbons (Fsp3) is 0.429. The Hall–Kier alpha value is -1.56. The number of nitrogen functional groups attached to an aromatic ring is 1. The molecule has 0 fully saturated rings. The highest BCUT2D eigenvalue weighted by atomic mass is 16.3. The Kier molecular flexibility index (Phi) is 2.86. The quantitative estimate of drug-likeness (QED) is 0.489. The molecule has 1 aromatic rings. The van der Waals surface area contributed by atoms with Crippen LogP contribution in [0.1, 0.15) is 6.92 Å². The monoisotopic (exact) mass is 184 g/mol. The number of nitrogens with zero attached hydrogens (tertiary/aromatic N) is 1. The van der Waals surface area contributed by atoms with E-state index in [4.69, 9.17) is 10.8 Å². The van der Waals surface area contributed by atoms with E-state index in [1.807, 2.05) is 0 Å². The Morgan fingerprint density at radius 2 is 2.54 bits per heavy atom. The van der Waals surface area contributed by atoms with E-state index in [0.29, 0.717) is 5.82 Å². The van der Waals surface area contributed by atoms with Gasteiger partial charge in [-0.25, -0.2) is 4.98 Å². The molecule has 1 unspecified atom stereocenters. The third kappa shape index (κ3) is 2.19. The molecule has 0 amide bonds. The number of hydrogen-bond donors (Lipinski definition) is 4. The average Bonchev–Trinajstić information content (AvgIpc) is 2.13. The Labute approximate surface area is 74.8 Å². The van der Waals surface area contributed by atoms with Crippen LogP contribution in [-0.4, -0.2) is 27.7 Å². The predicted octanol–water partition coefficient (Wildman–Crippen LogP) is -0.855. The van der Waals surface area contributed by atoms with Crippen LogP contribution in [0.3, 0.4) is 0 Å². The lowest BCUT2D eigenvalue weighted by Gasteiger charge is -2.11. The molecule has 0 aliphatic rings. The fourth-order valence-electron chi connectivity index (χ4n) is 0.804. The van der Waals surface area contributed by atoms with Gasteiger partial charge in [-0.05, 0) is 6.92 Å². The normalized spacial score (nSPS) is 12.5. The van der Waals surface area contributed by atoms with E-state index in [0.717, 1.165) is 0 Å². The molecule has 13 heavy (non-hydrogen) atoms. The molecule has 0 radical (unpaired) electrons. The maximum atomic E-state index is 11.0. The van der Waals surface area contributed by atoms with Crippen molar-refractivity contribution in [2.75, 3.05) is 17.7 Å². The number of nitrogens with one attached hydrogen (secondary N) is 2. The lowest BCUT2D eigenvalue weighted by atomic mass is 10.3. The van der Waals surface area contributed by atoms with Crippen molar-refractivity contribution < 1.29 is 5.11 Å². The molecule has 0 aliphatic carbocycles. The predicted molar refractivity (Wildman–Crippen MR) is 49.4 cm³/mol. The Morgan fingerprint density at radius 1 is 1.85 bits per heavy atom. The van der Waals surface area contributed by atoms with Crippen LogP contribution < -0.4 is 16.6 Å². The topological polar surface area (TPSA) is 104 Å². The van der Waals surface area contributed by atoms with Crippen molar-refractivity contribution in [2.24, 2.45) is 0 Å². The van der Waals surface area contributed by atoms with Gasteiger partial charge in [0, 0.05) is 6.04 Å². The summed E-state index contributed by atoms with van der Waals surface area (Å²) in [5.41, 5.74) is 5.08. The summed E-state index contributed by atoms with van der Waals surface area (Å²) in [7, 11) is 0. The van der Waals surface area contributed by atoms with Gasteiger partial charge in [0.15, 0.2) is 5.82 Å². The first-order valence-corrected chi connectivity index (χ1v) is 3.85. The van der Waals surface area contributed by atoms with Crippen molar-refractivity contribution >= 4 is 11.5 Å². The molecule has 5 N–H and O–H groups in total. The smallest absolute Gasteiger partial charge is 0.276 e. The number of aromatic nitrogens is 2. The molecule has 0 bridgehead atoms. The third-order valence-electron chi connectivity index (χ3n) is 1.55. The number of aliphatic hydroxyl groups excluding tert-OH is 1. The zero-order valence-corrected chi connectivity index (χ0v) is 7.24. The number of nitrogens with two attached hydrogens (primary N) is 1. The van der Waals surface area contributed by atoms with Gasteiger partial charge in [-0.3, -0.25) is 4.79 Å². The summed E-state index contributed by atoms with van der Waals surface area (Å²) < 4.78 is 0. The van der Waals surface area contributed by atoms with Gasteiger partial charge in [0.05, 0.1) is 12.9 Å². The van der Waals surface area contributed by atoms with Crippen LogP contribution in [0, 0.1) is 0 Å². The molecule has 6 heteroatoms. The van der Waals surface area contributed by atoms with Crippen molar-refractivity contribution in [3.8, 4) is 0 Å². The Morgan fingerprint density at radius 3 is 3.15 bits per heavy atom. The molecule has 1 atom stereocenters. The van der Waals surface area contributed by atoms with Crippen LogP contribution in [0.5, 0.6) is 0 Å². The highest BCUT2D eigenvalue weighted by Gasteiger charge is 2.06. The summed E-state index contributed by atoms with van der Waals surface area (Å²) in [5, 5.41) is 11.5. The number of rotatable bonds is 3. The molecule has 0 spiro atoms. The maximum absolute atomic E-state index is 11.0. The Balaban J connectivity index is 2.89. The highest BCUT2D eigenvalue weighted by molar-refractivity contribution is 5.59. The van der Waals surface area contributed by atoms with Crippen LogP contribution in [-0.2, 0) is 0 Å². The molecule has 0 aliphatic heterocycles. The van der Waals surface area contributed by atoms with Crippen LogP contribution in [0.15, 0.2) is 11.1 Å². The van der Waals surface area contributed by atoms with Gasteiger partial charge in [-0.2, -0.15) is 0 Å². The number of anilines is 2. The van der Waals surface area contributed by atoms with E-state index in [1.165, 1.54) is 6.33 Å². The summed E-state index contributed by atoms with van der Waals surface area (Å²) in [6.07, 6.45) is 1.26. The SMILES string of the molecule is CC(CO)Nc1nc[nH]c(=O)c1N. The molecule has 0 saturated heterocycles. The number of aromatic amines is 1. The van der Waals surface area contributed by atoms with Crippen molar-refractivity contribution in [2.45, 2.75) is 13.0 Å². The number of H-pyrrole nitrogens is 1. The fourth-order valence-corrected chi connectivity index (χ4v) is 0.804. The lowest BCUT2D eigenvalue weighted by Crippen LogP contribution is -2.23. The Bertz CT molecular complexity index is 336. The summed E-state index contributed by atoms with van der Waals surface area (Å²) in [5.74, 6) is 0.297. The highest BCUT2D eigenvalue weighted by Crippen LogP contribution is 2.08. The van der Waals surface area contributed by atoms with E-state index in [2.05, 4.69) is 15.3 Å². The minimum atomic E-state index is -0.386. The van der Waals surface area contributed by atoms with Gasteiger partial charge in [0.1, 0.15) is 5.69 Å². The van der Waals surface area contributed by atoms with Gasteiger partial charge in [0.25, 0.3) is 5.56 Å². The van der Waals surface area contributed by atoms with E-state index >= 15 is 0 Å². The summed E-state index contributed by atoms with van der Waals surface area (Å²) in [4.78, 5) is 17.1. The van der Waals surface area contributed by atoms with Gasteiger partial charge in [-0.1, -0.05) is 0 Å². The zero-order chi connectivity index (χ0) is 9.84. The zero-order valence-electron chi connectivity index (χ0n) is 7.24. The summed E-state index contributed by atoms with van der Waals surface area (Å²) >= 11 is 0. The van der Waals surface area contributed by atoms with Gasteiger partial charge in [-0.15, -0.1) is 0 Å². The van der Waals surface area contributed by atoms with Crippen LogP contribution in [0.2, 0.25) is 0 Å². The van der Waals surface area contributed by atoms with E-state index in [-0.39, 0.29) is 23.9 Å². The van der Waals surface area contributed by atoms with Crippen LogP contribution >= 0.6 is 0 Å². The van der Waals surface area contributed by atoms with Crippen LogP contribution in [0.4, 0.5) is 11.5 Å². The van der Waals surface area contributed by atoms with Crippen LogP contribution in [0.25, 0.3) is 0 Å². The average molecular weight is 184 g/mol. The molecule has 1 rings (SSSR count). The number of aliphatic hydroxyl groups is 1. The molecule has 6 nitrogen and oxygen atoms in total. The van der Waals surface area contributed by atoms with E-state index in [9.17, 15) is 4.79 Å². The van der Waals surface area contributed by atoms with Crippen molar-refractivity contribution in [3.63, 3.8) is 0 Å². The molecule has 1 aromatic heterocycles. The van der Waals surface area contributed by atoms with Gasteiger partial charge >= 0.3 is 0 Å². The molecule has 0 aromatic carbocycles. The van der Waals surface area contributed by atoms with E-state index < -0.39 is 0 Å². The molecule has 72 valence electrons. The van der Waals surface area contributed by atoms with Crippen molar-refractivity contribution in [1.29, 1.82) is 0 Å². The van der Waals surface area contributed by atoms with Gasteiger partial charge in [0.2, 0.25) is 0 Å². The summed E-state index contributed by atoms with van der Waals surface area (Å²) in [6, 6.07) is -0.184. The molecular formula is C7H12N4O2. The van der Waals surface area contributed by atoms with E-state index in [1.54, 1.807) is 6.92 Å². The maximum Gasteiger partial charge on any atom is 0.276 e. The molecule has 0 saturated carbocycles. The molecule has 1 heterocycles.